The summed E-state index contributed by atoms with van der Waals surface area (Å²) in [5.41, 5.74) is 1.67. The van der Waals surface area contributed by atoms with Crippen LogP contribution < -0.4 is 4.74 Å². The van der Waals surface area contributed by atoms with Gasteiger partial charge in [-0.25, -0.2) is 0 Å². The third-order valence-corrected chi connectivity index (χ3v) is 6.85. The van der Waals surface area contributed by atoms with Crippen LogP contribution in [0.5, 0.6) is 5.75 Å². The van der Waals surface area contributed by atoms with Gasteiger partial charge in [-0.05, 0) is 69.2 Å². The van der Waals surface area contributed by atoms with Crippen LogP contribution in [0, 0.1) is 11.3 Å². The molecule has 5 heteroatoms. The Balaban J connectivity index is 1.70. The van der Waals surface area contributed by atoms with Crippen LogP contribution in [0.15, 0.2) is 24.3 Å². The lowest BCUT2D eigenvalue weighted by Crippen LogP contribution is -2.50. The number of para-hydroxylation sites is 1. The first kappa shape index (κ1) is 24.1. The van der Waals surface area contributed by atoms with E-state index in [0.29, 0.717) is 17.9 Å². The highest BCUT2D eigenvalue weighted by Gasteiger charge is 2.37. The summed E-state index contributed by atoms with van der Waals surface area (Å²) >= 11 is 0. The van der Waals surface area contributed by atoms with Crippen molar-refractivity contribution in [3.05, 3.63) is 29.8 Å². The summed E-state index contributed by atoms with van der Waals surface area (Å²) in [5, 5.41) is 0. The summed E-state index contributed by atoms with van der Waals surface area (Å²) in [6.45, 7) is 10.9. The van der Waals surface area contributed by atoms with E-state index in [9.17, 15) is 4.79 Å². The smallest absolute Gasteiger partial charge is 0.236 e. The molecule has 0 unspecified atom stereocenters. The van der Waals surface area contributed by atoms with Gasteiger partial charge in [-0.2, -0.15) is 0 Å². The predicted molar refractivity (Wildman–Crippen MR) is 128 cm³/mol. The van der Waals surface area contributed by atoms with E-state index in [-0.39, 0.29) is 5.91 Å². The Bertz CT molecular complexity index is 696. The molecule has 2 aliphatic heterocycles. The van der Waals surface area contributed by atoms with Crippen molar-refractivity contribution in [3.63, 3.8) is 0 Å². The fourth-order valence-electron chi connectivity index (χ4n) is 5.27. The summed E-state index contributed by atoms with van der Waals surface area (Å²) in [6, 6.07) is 8.55. The summed E-state index contributed by atoms with van der Waals surface area (Å²) < 4.78 is 6.23. The van der Waals surface area contributed by atoms with Gasteiger partial charge >= 0.3 is 0 Å². The Labute approximate surface area is 189 Å². The largest absolute Gasteiger partial charge is 0.492 e. The average molecular weight is 430 g/mol. The number of amides is 1. The van der Waals surface area contributed by atoms with Crippen molar-refractivity contribution in [1.29, 1.82) is 0 Å². The molecule has 0 bridgehead atoms. The van der Waals surface area contributed by atoms with Crippen molar-refractivity contribution < 1.29 is 9.53 Å². The third kappa shape index (κ3) is 7.21. The Morgan fingerprint density at radius 1 is 1.10 bits per heavy atom. The first-order valence-corrected chi connectivity index (χ1v) is 12.2. The number of carbonyl (C=O) groups excluding carboxylic acids is 1. The molecule has 0 saturated carbocycles. The van der Waals surface area contributed by atoms with Crippen molar-refractivity contribution in [3.8, 4) is 5.75 Å². The van der Waals surface area contributed by atoms with Gasteiger partial charge < -0.3 is 14.5 Å². The topological polar surface area (TPSA) is 36.0 Å². The van der Waals surface area contributed by atoms with Crippen molar-refractivity contribution in [2.24, 2.45) is 11.3 Å². The third-order valence-electron chi connectivity index (χ3n) is 6.85. The van der Waals surface area contributed by atoms with E-state index < -0.39 is 0 Å². The van der Waals surface area contributed by atoms with Crippen LogP contribution in [0.1, 0.15) is 51.5 Å². The standard InChI is InChI=1S/C26H43N3O2/c1-22(2)19-28-17-18-31-24-11-6-5-9-23(24)10-7-8-12-26(21-28)13-15-29(16-14-26)25(30)20-27(3)4/h5-6,9,11,22H,7-8,10,12-21H2,1-4H3. The number of benzene rings is 1. The van der Waals surface area contributed by atoms with Crippen LogP contribution >= 0.6 is 0 Å². The zero-order valence-electron chi connectivity index (χ0n) is 20.2. The average Bonchev–Trinajstić information content (AvgIpc) is 2.71. The van der Waals surface area contributed by atoms with Crippen molar-refractivity contribution >= 4 is 5.91 Å². The number of likely N-dealkylation sites (tertiary alicyclic amines) is 1. The van der Waals surface area contributed by atoms with Gasteiger partial charge in [0.1, 0.15) is 12.4 Å². The summed E-state index contributed by atoms with van der Waals surface area (Å²) in [5.74, 6) is 1.98. The Kier molecular flexibility index (Phi) is 8.79. The van der Waals surface area contributed by atoms with Crippen molar-refractivity contribution in [1.82, 2.24) is 14.7 Å². The van der Waals surface area contributed by atoms with Gasteiger partial charge in [0.25, 0.3) is 0 Å². The second-order valence-electron chi connectivity index (χ2n) is 10.4. The summed E-state index contributed by atoms with van der Waals surface area (Å²) in [6.07, 6.45) is 7.05. The van der Waals surface area contributed by atoms with E-state index in [2.05, 4.69) is 47.9 Å². The van der Waals surface area contributed by atoms with E-state index in [1.54, 1.807) is 0 Å². The zero-order chi connectivity index (χ0) is 22.3. The van der Waals surface area contributed by atoms with E-state index in [1.807, 2.05) is 19.0 Å². The first-order chi connectivity index (χ1) is 14.9. The quantitative estimate of drug-likeness (QED) is 0.727. The molecule has 2 heterocycles. The Morgan fingerprint density at radius 3 is 2.55 bits per heavy atom. The molecule has 1 fully saturated rings. The zero-order valence-corrected chi connectivity index (χ0v) is 20.2. The summed E-state index contributed by atoms with van der Waals surface area (Å²) in [7, 11) is 3.94. The number of fused-ring (bicyclic) bond motifs is 1. The predicted octanol–water partition coefficient (Wildman–Crippen LogP) is 3.92. The summed E-state index contributed by atoms with van der Waals surface area (Å²) in [4.78, 5) is 19.3. The maximum Gasteiger partial charge on any atom is 0.236 e. The number of piperidine rings is 1. The number of nitrogens with zero attached hydrogens (tertiary/aromatic N) is 3. The molecular weight excluding hydrogens is 386 g/mol. The van der Waals surface area contributed by atoms with Crippen LogP contribution in [0.2, 0.25) is 0 Å². The van der Waals surface area contributed by atoms with Crippen LogP contribution in [-0.2, 0) is 11.2 Å². The molecule has 1 aromatic rings. The number of hydrogen-bond acceptors (Lipinski definition) is 4. The van der Waals surface area contributed by atoms with Gasteiger partial charge in [0, 0.05) is 32.7 Å². The van der Waals surface area contributed by atoms with E-state index in [0.717, 1.165) is 64.3 Å². The molecule has 3 rings (SSSR count). The van der Waals surface area contributed by atoms with Crippen molar-refractivity contribution in [2.45, 2.75) is 52.4 Å². The van der Waals surface area contributed by atoms with Crippen LogP contribution in [0.4, 0.5) is 0 Å². The minimum atomic E-state index is 0.275. The lowest BCUT2D eigenvalue weighted by Gasteiger charge is -2.45. The SMILES string of the molecule is CC(C)CN1CCOc2ccccc2CCCCC2(CCN(C(=O)CN(C)C)CC2)C1. The molecule has 174 valence electrons. The molecule has 0 N–H and O–H groups in total. The lowest BCUT2D eigenvalue weighted by atomic mass is 9.73. The van der Waals surface area contributed by atoms with Gasteiger partial charge in [0.15, 0.2) is 0 Å². The van der Waals surface area contributed by atoms with E-state index >= 15 is 0 Å². The molecule has 0 radical (unpaired) electrons. The maximum atomic E-state index is 12.6. The van der Waals surface area contributed by atoms with Gasteiger partial charge in [-0.3, -0.25) is 9.69 Å². The number of carbonyl (C=O) groups is 1. The van der Waals surface area contributed by atoms with Gasteiger partial charge in [0.05, 0.1) is 6.54 Å². The second kappa shape index (κ2) is 11.3. The number of aryl methyl sites for hydroxylation is 1. The minimum Gasteiger partial charge on any atom is -0.492 e. The molecular formula is C26H43N3O2. The monoisotopic (exact) mass is 429 g/mol. The second-order valence-corrected chi connectivity index (χ2v) is 10.4. The minimum absolute atomic E-state index is 0.275. The number of rotatable bonds is 4. The molecule has 5 nitrogen and oxygen atoms in total. The molecule has 0 atom stereocenters. The van der Waals surface area contributed by atoms with Crippen LogP contribution in [-0.4, -0.2) is 80.6 Å². The van der Waals surface area contributed by atoms with Crippen LogP contribution in [0.3, 0.4) is 0 Å². The number of hydrogen-bond donors (Lipinski definition) is 0. The number of ether oxygens (including phenoxy) is 1. The maximum absolute atomic E-state index is 12.6. The van der Waals surface area contributed by atoms with Gasteiger partial charge in [0.2, 0.25) is 5.91 Å². The molecule has 1 saturated heterocycles. The van der Waals surface area contributed by atoms with E-state index in [1.165, 1.54) is 24.8 Å². The number of likely N-dealkylation sites (N-methyl/N-ethyl adjacent to an activating group) is 1. The lowest BCUT2D eigenvalue weighted by molar-refractivity contribution is -0.134. The fraction of sp³-hybridized carbons (Fsp3) is 0.731. The molecule has 2 aliphatic rings. The molecule has 1 aromatic carbocycles. The molecule has 0 aromatic heterocycles. The first-order valence-electron chi connectivity index (χ1n) is 12.2. The molecule has 31 heavy (non-hydrogen) atoms. The van der Waals surface area contributed by atoms with Crippen LogP contribution in [0.25, 0.3) is 0 Å². The normalized spacial score (nSPS) is 20.8. The Morgan fingerprint density at radius 2 is 1.84 bits per heavy atom. The highest BCUT2D eigenvalue weighted by atomic mass is 16.5. The van der Waals surface area contributed by atoms with Gasteiger partial charge in [-0.1, -0.05) is 38.5 Å². The highest BCUT2D eigenvalue weighted by molar-refractivity contribution is 5.78. The van der Waals surface area contributed by atoms with E-state index in [4.69, 9.17) is 4.74 Å². The molecule has 0 aliphatic carbocycles. The fourth-order valence-corrected chi connectivity index (χ4v) is 5.27. The van der Waals surface area contributed by atoms with Crippen molar-refractivity contribution in [2.75, 3.05) is 60.0 Å². The molecule has 1 amide bonds. The van der Waals surface area contributed by atoms with Gasteiger partial charge in [-0.15, -0.1) is 0 Å². The Hall–Kier alpha value is -1.59. The molecule has 1 spiro atoms. The highest BCUT2D eigenvalue weighted by Crippen LogP contribution is 2.38.